The average molecular weight is 368 g/mol. The van der Waals surface area contributed by atoms with E-state index < -0.39 is 0 Å². The van der Waals surface area contributed by atoms with Gasteiger partial charge in [-0.25, -0.2) is 9.55 Å². The number of allylic oxidation sites excluding steroid dienone is 2. The summed E-state index contributed by atoms with van der Waals surface area (Å²) in [6.07, 6.45) is 10.2. The zero-order valence-electron chi connectivity index (χ0n) is 14.2. The van der Waals surface area contributed by atoms with Crippen LogP contribution in [0.4, 0.5) is 5.82 Å². The number of rotatable bonds is 4. The largest absolute Gasteiger partial charge is 0.341 e. The van der Waals surface area contributed by atoms with Crippen LogP contribution in [0, 0.1) is 0 Å². The fourth-order valence-corrected chi connectivity index (χ4v) is 5.14. The summed E-state index contributed by atoms with van der Waals surface area (Å²) in [6.45, 7) is 6.14. The minimum Gasteiger partial charge on any atom is -0.320 e. The molecule has 0 radical (unpaired) electrons. The van der Waals surface area contributed by atoms with Crippen LogP contribution in [0.2, 0.25) is 0 Å². The van der Waals surface area contributed by atoms with E-state index in [0.717, 1.165) is 24.6 Å². The van der Waals surface area contributed by atoms with Gasteiger partial charge in [-0.1, -0.05) is 29.2 Å². The number of anilines is 1. The highest BCUT2D eigenvalue weighted by Crippen LogP contribution is 2.44. The topological polar surface area (TPSA) is 32.9 Å². The first-order valence-electron chi connectivity index (χ1n) is 8.38. The summed E-state index contributed by atoms with van der Waals surface area (Å²) < 4.78 is 3.48. The van der Waals surface area contributed by atoms with Crippen LogP contribution in [0.15, 0.2) is 58.7 Å². The first-order valence-corrected chi connectivity index (χ1v) is 10.0. The molecule has 0 aliphatic carbocycles. The molecule has 3 aromatic heterocycles. The molecule has 0 saturated carbocycles. The van der Waals surface area contributed by atoms with Crippen molar-refractivity contribution in [1.29, 1.82) is 0 Å². The predicted molar refractivity (Wildman–Crippen MR) is 106 cm³/mol. The second kappa shape index (κ2) is 6.98. The molecule has 0 saturated heterocycles. The number of fused-ring (bicyclic) bond motifs is 2. The van der Waals surface area contributed by atoms with E-state index in [9.17, 15) is 0 Å². The first-order chi connectivity index (χ1) is 12.3. The summed E-state index contributed by atoms with van der Waals surface area (Å²) in [7, 11) is 0. The number of nitrogens with zero attached hydrogens (tertiary/aromatic N) is 4. The minimum atomic E-state index is 0.915. The van der Waals surface area contributed by atoms with Crippen molar-refractivity contribution in [2.75, 3.05) is 11.4 Å². The number of pyridine rings is 2. The van der Waals surface area contributed by atoms with Crippen molar-refractivity contribution < 1.29 is 4.57 Å². The second-order valence-corrected chi connectivity index (χ2v) is 7.67. The van der Waals surface area contributed by atoms with Gasteiger partial charge in [-0.2, -0.15) is 0 Å². The van der Waals surface area contributed by atoms with Crippen molar-refractivity contribution in [2.24, 2.45) is 0 Å². The van der Waals surface area contributed by atoms with Crippen molar-refractivity contribution in [1.82, 2.24) is 9.97 Å². The molecule has 1 aliphatic heterocycles. The van der Waals surface area contributed by atoms with Gasteiger partial charge < -0.3 is 4.90 Å². The molecule has 0 amide bonds. The molecule has 0 N–H and O–H groups in total. The Morgan fingerprint density at radius 3 is 2.84 bits per heavy atom. The maximum atomic E-state index is 4.51. The Morgan fingerprint density at radius 1 is 1.16 bits per heavy atom. The smallest absolute Gasteiger partial charge is 0.320 e. The van der Waals surface area contributed by atoms with E-state index in [1.165, 1.54) is 19.6 Å². The van der Waals surface area contributed by atoms with E-state index >= 15 is 0 Å². The third-order valence-electron chi connectivity index (χ3n) is 4.08. The van der Waals surface area contributed by atoms with Crippen molar-refractivity contribution in [2.45, 2.75) is 25.3 Å². The molecule has 0 unspecified atom stereocenters. The lowest BCUT2D eigenvalue weighted by atomic mass is 10.4. The number of aromatic nitrogens is 3. The molecule has 4 rings (SSSR count). The van der Waals surface area contributed by atoms with Gasteiger partial charge in [0.1, 0.15) is 16.7 Å². The zero-order chi connectivity index (χ0) is 17.2. The molecular formula is C19H19N4S2+. The van der Waals surface area contributed by atoms with Gasteiger partial charge in [0.15, 0.2) is 5.01 Å². The highest BCUT2D eigenvalue weighted by atomic mass is 32.2. The van der Waals surface area contributed by atoms with Crippen molar-refractivity contribution in [3.8, 4) is 0 Å². The molecule has 0 fully saturated rings. The van der Waals surface area contributed by atoms with Gasteiger partial charge in [-0.05, 0) is 55.2 Å². The van der Waals surface area contributed by atoms with Crippen LogP contribution in [0.25, 0.3) is 16.4 Å². The van der Waals surface area contributed by atoms with E-state index in [1.54, 1.807) is 23.1 Å². The third kappa shape index (κ3) is 2.96. The summed E-state index contributed by atoms with van der Waals surface area (Å²) in [5, 5.41) is 2.43. The van der Waals surface area contributed by atoms with Gasteiger partial charge in [0.05, 0.1) is 16.5 Å². The summed E-state index contributed by atoms with van der Waals surface area (Å²) in [6, 6.07) is 8.24. The van der Waals surface area contributed by atoms with E-state index in [2.05, 4.69) is 63.6 Å². The van der Waals surface area contributed by atoms with Crippen LogP contribution < -0.4 is 9.47 Å². The fourth-order valence-electron chi connectivity index (χ4n) is 2.95. The number of thioether (sulfide) groups is 1. The monoisotopic (exact) mass is 367 g/mol. The normalized spacial score (nSPS) is 15.6. The van der Waals surface area contributed by atoms with Crippen LogP contribution >= 0.6 is 23.1 Å². The third-order valence-corrected chi connectivity index (χ3v) is 6.29. The quantitative estimate of drug-likeness (QED) is 0.636. The fraction of sp³-hybridized carbons (Fsp3) is 0.211. The Bertz CT molecular complexity index is 974. The minimum absolute atomic E-state index is 0.915. The Hall–Kier alpha value is -2.18. The first kappa shape index (κ1) is 16.3. The molecule has 126 valence electrons. The van der Waals surface area contributed by atoms with Gasteiger partial charge in [0.25, 0.3) is 0 Å². The summed E-state index contributed by atoms with van der Waals surface area (Å²) in [4.78, 5) is 12.5. The van der Waals surface area contributed by atoms with E-state index in [4.69, 9.17) is 0 Å². The molecule has 0 bridgehead atoms. The van der Waals surface area contributed by atoms with Crippen molar-refractivity contribution in [3.63, 3.8) is 0 Å². The van der Waals surface area contributed by atoms with E-state index in [0.29, 0.717) is 0 Å². The Kier molecular flexibility index (Phi) is 4.55. The number of aryl methyl sites for hydroxylation is 1. The van der Waals surface area contributed by atoms with E-state index in [-0.39, 0.29) is 0 Å². The molecule has 0 aromatic carbocycles. The summed E-state index contributed by atoms with van der Waals surface area (Å²) in [5.41, 5.74) is 1.06. The molecule has 4 heterocycles. The molecule has 4 nitrogen and oxygen atoms in total. The SMILES string of the molecule is CCN1/C(=C\C=C\c2sc3cccnc3[n+]2CC)Sc2cccnc21. The van der Waals surface area contributed by atoms with Gasteiger partial charge in [0, 0.05) is 12.7 Å². The van der Waals surface area contributed by atoms with Gasteiger partial charge in [-0.3, -0.25) is 0 Å². The van der Waals surface area contributed by atoms with Gasteiger partial charge in [0.2, 0.25) is 0 Å². The lowest BCUT2D eigenvalue weighted by Crippen LogP contribution is -2.34. The average Bonchev–Trinajstić information content (AvgIpc) is 3.18. The Morgan fingerprint density at radius 2 is 2.00 bits per heavy atom. The molecular weight excluding hydrogens is 348 g/mol. The molecule has 0 spiro atoms. The zero-order valence-corrected chi connectivity index (χ0v) is 15.8. The van der Waals surface area contributed by atoms with Crippen LogP contribution in [0.1, 0.15) is 18.9 Å². The van der Waals surface area contributed by atoms with Crippen molar-refractivity contribution >= 4 is 45.3 Å². The number of hydrogen-bond donors (Lipinski definition) is 0. The standard InChI is InChI=1S/C19H19N4S2/c1-3-22-16(24-14-8-6-12-20-18(14)22)10-5-11-17-23(4-2)19-15(25-17)9-7-13-21-19/h5-13H,3-4H2,1-2H3/q+1. The molecule has 1 aliphatic rings. The van der Waals surface area contributed by atoms with Gasteiger partial charge in [-0.15, -0.1) is 0 Å². The van der Waals surface area contributed by atoms with Gasteiger partial charge >= 0.3 is 5.65 Å². The second-order valence-electron chi connectivity index (χ2n) is 5.55. The van der Waals surface area contributed by atoms with Crippen LogP contribution in [0.5, 0.6) is 0 Å². The van der Waals surface area contributed by atoms with Crippen molar-refractivity contribution in [3.05, 3.63) is 58.8 Å². The van der Waals surface area contributed by atoms with Crippen LogP contribution in [-0.4, -0.2) is 16.5 Å². The van der Waals surface area contributed by atoms with Crippen LogP contribution in [-0.2, 0) is 6.54 Å². The highest BCUT2D eigenvalue weighted by molar-refractivity contribution is 8.03. The maximum absolute atomic E-state index is 4.51. The highest BCUT2D eigenvalue weighted by Gasteiger charge is 2.24. The maximum Gasteiger partial charge on any atom is 0.341 e. The lowest BCUT2D eigenvalue weighted by molar-refractivity contribution is -0.667. The predicted octanol–water partition coefficient (Wildman–Crippen LogP) is 4.49. The molecule has 25 heavy (non-hydrogen) atoms. The Labute approximate surface area is 155 Å². The van der Waals surface area contributed by atoms with E-state index in [1.807, 2.05) is 24.5 Å². The number of thiazole rings is 1. The molecule has 6 heteroatoms. The Balaban J connectivity index is 1.64. The summed E-state index contributed by atoms with van der Waals surface area (Å²) in [5.74, 6) is 1.06. The van der Waals surface area contributed by atoms with Crippen LogP contribution in [0.3, 0.4) is 0 Å². The summed E-state index contributed by atoms with van der Waals surface area (Å²) >= 11 is 3.55. The molecule has 0 atom stereocenters. The lowest BCUT2D eigenvalue weighted by Gasteiger charge is -2.15. The molecule has 3 aromatic rings. The number of hydrogen-bond acceptors (Lipinski definition) is 5.